The molecule has 1 aromatic heterocycles. The van der Waals surface area contributed by atoms with Crippen LogP contribution < -0.4 is 20.1 Å². The molecule has 0 bridgehead atoms. The zero-order valence-corrected chi connectivity index (χ0v) is 15.8. The molecule has 148 valence electrons. The van der Waals surface area contributed by atoms with E-state index in [1.54, 1.807) is 42.5 Å². The maximum Gasteiger partial charge on any atom is 0.413 e. The van der Waals surface area contributed by atoms with E-state index in [0.717, 1.165) is 5.56 Å². The van der Waals surface area contributed by atoms with Crippen molar-refractivity contribution < 1.29 is 24.2 Å². The molecule has 8 heteroatoms. The summed E-state index contributed by atoms with van der Waals surface area (Å²) in [5, 5.41) is 14.9. The zero-order chi connectivity index (χ0) is 20.8. The molecular formula is C21H19N3O5. The predicted molar refractivity (Wildman–Crippen MR) is 107 cm³/mol. The van der Waals surface area contributed by atoms with Crippen LogP contribution in [0.25, 0.3) is 0 Å². The molecule has 2 amide bonds. The van der Waals surface area contributed by atoms with E-state index in [9.17, 15) is 14.7 Å². The molecule has 0 radical (unpaired) electrons. The van der Waals surface area contributed by atoms with Gasteiger partial charge in [-0.05, 0) is 55.0 Å². The number of nitrogens with one attached hydrogen (secondary N) is 2. The highest BCUT2D eigenvalue weighted by molar-refractivity contribution is 6.05. The number of ether oxygens (including phenoxy) is 2. The summed E-state index contributed by atoms with van der Waals surface area (Å²) in [6, 6.07) is 14.5. The monoisotopic (exact) mass is 393 g/mol. The molecule has 29 heavy (non-hydrogen) atoms. The van der Waals surface area contributed by atoms with Crippen molar-refractivity contribution in [3.63, 3.8) is 0 Å². The third-order valence-corrected chi connectivity index (χ3v) is 3.86. The number of phenolic OH excluding ortho intramolecular Hbond substituents is 1. The molecule has 0 unspecified atom stereocenters. The smallest absolute Gasteiger partial charge is 0.413 e. The van der Waals surface area contributed by atoms with Crippen molar-refractivity contribution in [3.8, 4) is 23.1 Å². The maximum atomic E-state index is 12.4. The van der Waals surface area contributed by atoms with E-state index in [1.165, 1.54) is 25.4 Å². The van der Waals surface area contributed by atoms with Gasteiger partial charge in [0.1, 0.15) is 17.2 Å². The third-order valence-electron chi connectivity index (χ3n) is 3.86. The van der Waals surface area contributed by atoms with Gasteiger partial charge in [-0.15, -0.1) is 0 Å². The lowest BCUT2D eigenvalue weighted by atomic mass is 10.1. The van der Waals surface area contributed by atoms with Gasteiger partial charge in [-0.1, -0.05) is 6.07 Å². The number of carbonyl (C=O) groups is 2. The number of aryl methyl sites for hydroxylation is 1. The van der Waals surface area contributed by atoms with Crippen LogP contribution in [0.1, 0.15) is 15.9 Å². The van der Waals surface area contributed by atoms with Crippen molar-refractivity contribution in [1.29, 1.82) is 0 Å². The highest BCUT2D eigenvalue weighted by Crippen LogP contribution is 2.26. The minimum Gasteiger partial charge on any atom is -0.506 e. The summed E-state index contributed by atoms with van der Waals surface area (Å²) < 4.78 is 10.7. The average Bonchev–Trinajstić information content (AvgIpc) is 2.71. The summed E-state index contributed by atoms with van der Waals surface area (Å²) >= 11 is 0. The fraction of sp³-hybridized carbons (Fsp3) is 0.0952. The zero-order valence-electron chi connectivity index (χ0n) is 15.8. The van der Waals surface area contributed by atoms with Crippen LogP contribution in [0.3, 0.4) is 0 Å². The minimum atomic E-state index is -0.635. The van der Waals surface area contributed by atoms with E-state index < -0.39 is 6.09 Å². The Hall–Kier alpha value is -4.07. The molecule has 0 spiro atoms. The van der Waals surface area contributed by atoms with E-state index in [2.05, 4.69) is 15.6 Å². The lowest BCUT2D eigenvalue weighted by molar-refractivity contribution is 0.102. The third kappa shape index (κ3) is 5.23. The SMILES string of the molecule is CNC(=O)Oc1cc(Oc2ccc(C(=O)Nc3cc(C)ccc3O)cc2)ccn1. The van der Waals surface area contributed by atoms with Crippen LogP contribution >= 0.6 is 0 Å². The number of aromatic hydroxyl groups is 1. The van der Waals surface area contributed by atoms with Gasteiger partial charge >= 0.3 is 6.09 Å². The number of amides is 2. The van der Waals surface area contributed by atoms with Gasteiger partial charge in [0.2, 0.25) is 5.88 Å². The van der Waals surface area contributed by atoms with Crippen molar-refractivity contribution in [2.45, 2.75) is 6.92 Å². The normalized spacial score (nSPS) is 10.1. The lowest BCUT2D eigenvalue weighted by Gasteiger charge is -2.10. The fourth-order valence-electron chi connectivity index (χ4n) is 2.41. The van der Waals surface area contributed by atoms with Crippen LogP contribution in [0.4, 0.5) is 10.5 Å². The van der Waals surface area contributed by atoms with Crippen LogP contribution in [0.15, 0.2) is 60.8 Å². The summed E-state index contributed by atoms with van der Waals surface area (Å²) in [5.74, 6) is 0.632. The first-order chi connectivity index (χ1) is 13.9. The Balaban J connectivity index is 1.67. The molecule has 0 saturated heterocycles. The molecule has 0 aliphatic rings. The van der Waals surface area contributed by atoms with Crippen molar-refractivity contribution in [1.82, 2.24) is 10.3 Å². The van der Waals surface area contributed by atoms with Crippen LogP contribution in [0.5, 0.6) is 23.1 Å². The Labute approximate surface area is 167 Å². The van der Waals surface area contributed by atoms with Crippen LogP contribution in [-0.4, -0.2) is 29.1 Å². The fourth-order valence-corrected chi connectivity index (χ4v) is 2.41. The first kappa shape index (κ1) is 19.7. The molecule has 3 aromatic rings. The highest BCUT2D eigenvalue weighted by atomic mass is 16.6. The Morgan fingerprint density at radius 1 is 1.00 bits per heavy atom. The lowest BCUT2D eigenvalue weighted by Crippen LogP contribution is -2.22. The maximum absolute atomic E-state index is 12.4. The second-order valence-electron chi connectivity index (χ2n) is 6.07. The summed E-state index contributed by atoms with van der Waals surface area (Å²) in [6.45, 7) is 1.87. The minimum absolute atomic E-state index is 0.00336. The molecule has 0 aliphatic heterocycles. The van der Waals surface area contributed by atoms with E-state index in [1.807, 2.05) is 6.92 Å². The first-order valence-electron chi connectivity index (χ1n) is 8.69. The number of carbonyl (C=O) groups excluding carboxylic acids is 2. The Morgan fingerprint density at radius 3 is 2.48 bits per heavy atom. The van der Waals surface area contributed by atoms with Gasteiger partial charge in [-0.3, -0.25) is 4.79 Å². The largest absolute Gasteiger partial charge is 0.506 e. The van der Waals surface area contributed by atoms with Crippen LogP contribution in [-0.2, 0) is 0 Å². The number of hydrogen-bond acceptors (Lipinski definition) is 6. The van der Waals surface area contributed by atoms with Gasteiger partial charge < -0.3 is 25.2 Å². The molecule has 0 fully saturated rings. The number of aromatic nitrogens is 1. The second-order valence-corrected chi connectivity index (χ2v) is 6.07. The van der Waals surface area contributed by atoms with Crippen molar-refractivity contribution >= 4 is 17.7 Å². The number of hydrogen-bond donors (Lipinski definition) is 3. The quantitative estimate of drug-likeness (QED) is 0.568. The molecule has 0 atom stereocenters. The van der Waals surface area contributed by atoms with E-state index in [-0.39, 0.29) is 17.5 Å². The molecule has 8 nitrogen and oxygen atoms in total. The first-order valence-corrected chi connectivity index (χ1v) is 8.69. The van der Waals surface area contributed by atoms with Gasteiger partial charge in [0, 0.05) is 24.9 Å². The van der Waals surface area contributed by atoms with Gasteiger partial charge in [0.05, 0.1) is 5.69 Å². The van der Waals surface area contributed by atoms with Crippen LogP contribution in [0, 0.1) is 6.92 Å². The Bertz CT molecular complexity index is 1030. The van der Waals surface area contributed by atoms with Crippen molar-refractivity contribution in [2.24, 2.45) is 0 Å². The Morgan fingerprint density at radius 2 is 1.76 bits per heavy atom. The average molecular weight is 393 g/mol. The number of pyridine rings is 1. The summed E-state index contributed by atoms with van der Waals surface area (Å²) in [5.41, 5.74) is 1.66. The number of rotatable bonds is 5. The molecule has 3 N–H and O–H groups in total. The van der Waals surface area contributed by atoms with Crippen molar-refractivity contribution in [2.75, 3.05) is 12.4 Å². The Kier molecular flexibility index (Phi) is 5.94. The van der Waals surface area contributed by atoms with Gasteiger partial charge in [0.15, 0.2) is 0 Å². The topological polar surface area (TPSA) is 110 Å². The van der Waals surface area contributed by atoms with Crippen molar-refractivity contribution in [3.05, 3.63) is 71.9 Å². The highest BCUT2D eigenvalue weighted by Gasteiger charge is 2.10. The van der Waals surface area contributed by atoms with Gasteiger partial charge in [-0.25, -0.2) is 9.78 Å². The molecular weight excluding hydrogens is 374 g/mol. The number of phenols is 1. The summed E-state index contributed by atoms with van der Waals surface area (Å²) in [4.78, 5) is 27.6. The molecule has 3 rings (SSSR count). The van der Waals surface area contributed by atoms with Crippen LogP contribution in [0.2, 0.25) is 0 Å². The molecule has 2 aromatic carbocycles. The standard InChI is InChI=1S/C21H19N3O5/c1-13-3-8-18(25)17(11-13)24-20(26)14-4-6-15(7-5-14)28-16-9-10-23-19(12-16)29-21(27)22-2/h3-12,25H,1-2H3,(H,22,27)(H,24,26). The van der Waals surface area contributed by atoms with Gasteiger partial charge in [-0.2, -0.15) is 0 Å². The molecule has 0 saturated carbocycles. The van der Waals surface area contributed by atoms with E-state index in [4.69, 9.17) is 9.47 Å². The summed E-state index contributed by atoms with van der Waals surface area (Å²) in [7, 11) is 1.45. The summed E-state index contributed by atoms with van der Waals surface area (Å²) in [6.07, 6.45) is 0.814. The van der Waals surface area contributed by atoms with Gasteiger partial charge in [0.25, 0.3) is 5.91 Å². The number of nitrogens with zero attached hydrogens (tertiary/aromatic N) is 1. The molecule has 0 aliphatic carbocycles. The predicted octanol–water partition coefficient (Wildman–Crippen LogP) is 3.86. The van der Waals surface area contributed by atoms with E-state index >= 15 is 0 Å². The number of benzene rings is 2. The number of anilines is 1. The van der Waals surface area contributed by atoms with E-state index in [0.29, 0.717) is 22.7 Å². The molecule has 1 heterocycles. The second kappa shape index (κ2) is 8.75.